The Kier molecular flexibility index (Phi) is 5.51. The number of hydrogen-bond acceptors (Lipinski definition) is 1. The van der Waals surface area contributed by atoms with Crippen LogP contribution in [0.25, 0.3) is 0 Å². The van der Waals surface area contributed by atoms with Crippen LogP contribution in [0.3, 0.4) is 0 Å². The second-order valence-corrected chi connectivity index (χ2v) is 4.36. The molecule has 0 unspecified atom stereocenters. The molecule has 0 heterocycles. The summed E-state index contributed by atoms with van der Waals surface area (Å²) in [6.07, 6.45) is 5.02. The minimum Gasteiger partial charge on any atom is -0.370 e. The van der Waals surface area contributed by atoms with Gasteiger partial charge in [-0.3, -0.25) is 4.99 Å². The van der Waals surface area contributed by atoms with Gasteiger partial charge in [-0.25, -0.2) is 0 Å². The molecule has 78 valence electrons. The molecule has 0 aliphatic heterocycles. The van der Waals surface area contributed by atoms with E-state index in [4.69, 9.17) is 11.5 Å². The molecule has 0 aromatic carbocycles. The van der Waals surface area contributed by atoms with E-state index in [1.165, 1.54) is 25.7 Å². The van der Waals surface area contributed by atoms with Crippen LogP contribution >= 0.6 is 0 Å². The molecule has 0 saturated heterocycles. The molecule has 4 N–H and O–H groups in total. The predicted octanol–water partition coefficient (Wildman–Crippen LogP) is 1.87. The van der Waals surface area contributed by atoms with Crippen LogP contribution in [0.4, 0.5) is 0 Å². The van der Waals surface area contributed by atoms with Gasteiger partial charge >= 0.3 is 0 Å². The summed E-state index contributed by atoms with van der Waals surface area (Å²) in [6, 6.07) is 0. The molecule has 0 aliphatic carbocycles. The Hall–Kier alpha value is -0.730. The van der Waals surface area contributed by atoms with E-state index in [-0.39, 0.29) is 11.4 Å². The lowest BCUT2D eigenvalue weighted by Gasteiger charge is -2.21. The minimum absolute atomic E-state index is 0.198. The van der Waals surface area contributed by atoms with Crippen LogP contribution < -0.4 is 11.5 Å². The van der Waals surface area contributed by atoms with Crippen LogP contribution in [0, 0.1) is 5.41 Å². The van der Waals surface area contributed by atoms with Crippen molar-refractivity contribution in [1.29, 1.82) is 0 Å². The summed E-state index contributed by atoms with van der Waals surface area (Å²) < 4.78 is 0. The van der Waals surface area contributed by atoms with Crippen LogP contribution in [0.15, 0.2) is 4.99 Å². The molecule has 0 fully saturated rings. The van der Waals surface area contributed by atoms with Crippen LogP contribution in [-0.2, 0) is 0 Å². The lowest BCUT2D eigenvalue weighted by molar-refractivity contribution is 0.333. The molecule has 0 bridgehead atoms. The van der Waals surface area contributed by atoms with E-state index in [0.717, 1.165) is 6.54 Å². The third-order valence-corrected chi connectivity index (χ3v) is 2.15. The van der Waals surface area contributed by atoms with E-state index in [2.05, 4.69) is 25.8 Å². The van der Waals surface area contributed by atoms with Gasteiger partial charge in [0.25, 0.3) is 0 Å². The molecule has 0 rings (SSSR count). The van der Waals surface area contributed by atoms with Crippen molar-refractivity contribution in [1.82, 2.24) is 0 Å². The number of rotatable bonds is 6. The third kappa shape index (κ3) is 7.62. The van der Waals surface area contributed by atoms with Gasteiger partial charge in [0.15, 0.2) is 5.96 Å². The van der Waals surface area contributed by atoms with E-state index >= 15 is 0 Å². The van der Waals surface area contributed by atoms with Gasteiger partial charge in [0.2, 0.25) is 0 Å². The zero-order valence-corrected chi connectivity index (χ0v) is 9.14. The standard InChI is InChI=1S/C10H23N3/c1-4-5-6-7-10(2,3)8-13-9(11)12/h4-8H2,1-3H3,(H4,11,12,13). The van der Waals surface area contributed by atoms with Crippen LogP contribution in [0.2, 0.25) is 0 Å². The summed E-state index contributed by atoms with van der Waals surface area (Å²) in [6.45, 7) is 7.35. The second kappa shape index (κ2) is 5.84. The first-order valence-electron chi connectivity index (χ1n) is 5.03. The summed E-state index contributed by atoms with van der Waals surface area (Å²) in [5.41, 5.74) is 10.8. The molecule has 0 aromatic heterocycles. The zero-order valence-electron chi connectivity index (χ0n) is 9.14. The number of unbranched alkanes of at least 4 members (excludes halogenated alkanes) is 2. The van der Waals surface area contributed by atoms with Crippen LogP contribution in [0.1, 0.15) is 46.5 Å². The molecular formula is C10H23N3. The van der Waals surface area contributed by atoms with Crippen molar-refractivity contribution in [2.75, 3.05) is 6.54 Å². The molecule has 0 aromatic rings. The molecule has 0 saturated carbocycles. The van der Waals surface area contributed by atoms with E-state index in [0.29, 0.717) is 0 Å². The van der Waals surface area contributed by atoms with Gasteiger partial charge in [0.1, 0.15) is 0 Å². The second-order valence-electron chi connectivity index (χ2n) is 4.36. The van der Waals surface area contributed by atoms with E-state index in [1.54, 1.807) is 0 Å². The summed E-state index contributed by atoms with van der Waals surface area (Å²) >= 11 is 0. The molecule has 0 spiro atoms. The van der Waals surface area contributed by atoms with E-state index in [9.17, 15) is 0 Å². The smallest absolute Gasteiger partial charge is 0.185 e. The quantitative estimate of drug-likeness (QED) is 0.377. The largest absolute Gasteiger partial charge is 0.370 e. The third-order valence-electron chi connectivity index (χ3n) is 2.15. The highest BCUT2D eigenvalue weighted by Crippen LogP contribution is 2.23. The fourth-order valence-electron chi connectivity index (χ4n) is 1.24. The highest BCUT2D eigenvalue weighted by molar-refractivity contribution is 5.75. The van der Waals surface area contributed by atoms with Gasteiger partial charge in [-0.05, 0) is 11.8 Å². The molecule has 0 atom stereocenters. The predicted molar refractivity (Wildman–Crippen MR) is 58.6 cm³/mol. The van der Waals surface area contributed by atoms with Gasteiger partial charge in [-0.2, -0.15) is 0 Å². The summed E-state index contributed by atoms with van der Waals surface area (Å²) in [5, 5.41) is 0. The number of guanidine groups is 1. The Balaban J connectivity index is 3.73. The average molecular weight is 185 g/mol. The van der Waals surface area contributed by atoms with Crippen molar-refractivity contribution in [3.8, 4) is 0 Å². The fraction of sp³-hybridized carbons (Fsp3) is 0.900. The monoisotopic (exact) mass is 185 g/mol. The van der Waals surface area contributed by atoms with Crippen molar-refractivity contribution in [3.63, 3.8) is 0 Å². The van der Waals surface area contributed by atoms with Crippen molar-refractivity contribution in [3.05, 3.63) is 0 Å². The lowest BCUT2D eigenvalue weighted by atomic mass is 9.87. The van der Waals surface area contributed by atoms with Crippen molar-refractivity contribution < 1.29 is 0 Å². The van der Waals surface area contributed by atoms with Crippen molar-refractivity contribution in [2.24, 2.45) is 21.9 Å². The van der Waals surface area contributed by atoms with Gasteiger partial charge in [0, 0.05) is 6.54 Å². The first-order valence-corrected chi connectivity index (χ1v) is 5.03. The number of nitrogens with two attached hydrogens (primary N) is 2. The Morgan fingerprint density at radius 3 is 2.31 bits per heavy atom. The Morgan fingerprint density at radius 1 is 1.23 bits per heavy atom. The first-order chi connectivity index (χ1) is 5.98. The van der Waals surface area contributed by atoms with E-state index < -0.39 is 0 Å². The summed E-state index contributed by atoms with van der Waals surface area (Å²) in [4.78, 5) is 4.05. The first kappa shape index (κ1) is 12.3. The molecule has 0 amide bonds. The van der Waals surface area contributed by atoms with Crippen molar-refractivity contribution >= 4 is 5.96 Å². The van der Waals surface area contributed by atoms with E-state index in [1.807, 2.05) is 0 Å². The average Bonchev–Trinajstić information content (AvgIpc) is 2.02. The van der Waals surface area contributed by atoms with Crippen LogP contribution in [-0.4, -0.2) is 12.5 Å². The molecule has 13 heavy (non-hydrogen) atoms. The summed E-state index contributed by atoms with van der Waals surface area (Å²) in [5.74, 6) is 0.198. The highest BCUT2D eigenvalue weighted by Gasteiger charge is 2.16. The maximum absolute atomic E-state index is 5.28. The summed E-state index contributed by atoms with van der Waals surface area (Å²) in [7, 11) is 0. The number of hydrogen-bond donors (Lipinski definition) is 2. The Morgan fingerprint density at radius 2 is 1.85 bits per heavy atom. The van der Waals surface area contributed by atoms with Gasteiger partial charge in [-0.1, -0.05) is 40.0 Å². The fourth-order valence-corrected chi connectivity index (χ4v) is 1.24. The number of nitrogens with zero attached hydrogens (tertiary/aromatic N) is 1. The van der Waals surface area contributed by atoms with Gasteiger partial charge in [0.05, 0.1) is 0 Å². The highest BCUT2D eigenvalue weighted by atomic mass is 15.0. The molecule has 0 aliphatic rings. The molecule has 0 radical (unpaired) electrons. The Bertz CT molecular complexity index is 158. The van der Waals surface area contributed by atoms with Crippen LogP contribution in [0.5, 0.6) is 0 Å². The zero-order chi connectivity index (χ0) is 10.3. The minimum atomic E-state index is 0.198. The normalized spacial score (nSPS) is 11.3. The van der Waals surface area contributed by atoms with Gasteiger partial charge < -0.3 is 11.5 Å². The Labute approximate surface area is 81.6 Å². The number of aliphatic imine (C=N–C) groups is 1. The maximum atomic E-state index is 5.28. The molecule has 3 nitrogen and oxygen atoms in total. The molecule has 3 heteroatoms. The van der Waals surface area contributed by atoms with Gasteiger partial charge in [-0.15, -0.1) is 0 Å². The molecular weight excluding hydrogens is 162 g/mol. The lowest BCUT2D eigenvalue weighted by Crippen LogP contribution is -2.26. The maximum Gasteiger partial charge on any atom is 0.185 e. The SMILES string of the molecule is CCCCCC(C)(C)CN=C(N)N. The van der Waals surface area contributed by atoms with Crippen molar-refractivity contribution in [2.45, 2.75) is 46.5 Å². The topological polar surface area (TPSA) is 64.4 Å².